The van der Waals surface area contributed by atoms with E-state index in [0.29, 0.717) is 12.5 Å². The van der Waals surface area contributed by atoms with E-state index in [-0.39, 0.29) is 5.91 Å². The van der Waals surface area contributed by atoms with Gasteiger partial charge in [0.05, 0.1) is 0 Å². The van der Waals surface area contributed by atoms with Gasteiger partial charge in [-0.3, -0.25) is 9.78 Å². The van der Waals surface area contributed by atoms with Crippen LogP contribution < -0.4 is 5.32 Å². The van der Waals surface area contributed by atoms with E-state index >= 15 is 0 Å². The Morgan fingerprint density at radius 3 is 2.96 bits per heavy atom. The molecule has 1 aliphatic rings. The van der Waals surface area contributed by atoms with E-state index in [0.717, 1.165) is 30.8 Å². The van der Waals surface area contributed by atoms with Crippen molar-refractivity contribution in [2.75, 3.05) is 26.7 Å². The molecule has 2 aromatic rings. The molecular weight excluding hydrogens is 298 g/mol. The van der Waals surface area contributed by atoms with Gasteiger partial charge in [0.1, 0.15) is 0 Å². The Balaban J connectivity index is 1.63. The Labute approximate surface area is 143 Å². The van der Waals surface area contributed by atoms with Crippen molar-refractivity contribution in [1.29, 1.82) is 0 Å². The Hall–Kier alpha value is -2.20. The van der Waals surface area contributed by atoms with E-state index < -0.39 is 0 Å². The van der Waals surface area contributed by atoms with E-state index in [2.05, 4.69) is 22.4 Å². The summed E-state index contributed by atoms with van der Waals surface area (Å²) < 4.78 is 0. The molecule has 1 saturated heterocycles. The Kier molecular flexibility index (Phi) is 5.59. The van der Waals surface area contributed by atoms with Crippen LogP contribution in [0.2, 0.25) is 0 Å². The molecule has 1 N–H and O–H groups in total. The number of benzene rings is 1. The predicted molar refractivity (Wildman–Crippen MR) is 96.2 cm³/mol. The number of hydrogen-bond acceptors (Lipinski definition) is 3. The molecule has 4 heteroatoms. The molecule has 24 heavy (non-hydrogen) atoms. The molecule has 2 heterocycles. The van der Waals surface area contributed by atoms with Gasteiger partial charge in [0, 0.05) is 44.0 Å². The van der Waals surface area contributed by atoms with Gasteiger partial charge >= 0.3 is 0 Å². The van der Waals surface area contributed by atoms with Crippen LogP contribution in [0.25, 0.3) is 0 Å². The number of likely N-dealkylation sites (N-methyl/N-ethyl adjacent to an activating group) is 1. The topological polar surface area (TPSA) is 45.2 Å². The fraction of sp³-hybridized carbons (Fsp3) is 0.400. The molecule has 0 unspecified atom stereocenters. The molecular formula is C20H25N3O. The largest absolute Gasteiger partial charge is 0.341 e. The second-order valence-corrected chi connectivity index (χ2v) is 6.47. The van der Waals surface area contributed by atoms with Gasteiger partial charge in [-0.1, -0.05) is 18.2 Å². The summed E-state index contributed by atoms with van der Waals surface area (Å²) in [4.78, 5) is 18.8. The van der Waals surface area contributed by atoms with E-state index in [4.69, 9.17) is 0 Å². The van der Waals surface area contributed by atoms with Gasteiger partial charge in [0.2, 0.25) is 0 Å². The third-order valence-electron chi connectivity index (χ3n) is 4.68. The molecule has 126 valence electrons. The van der Waals surface area contributed by atoms with Gasteiger partial charge < -0.3 is 10.2 Å². The molecule has 0 spiro atoms. The number of rotatable bonds is 5. The van der Waals surface area contributed by atoms with Crippen LogP contribution >= 0.6 is 0 Å². The second-order valence-electron chi connectivity index (χ2n) is 6.47. The average Bonchev–Trinajstić information content (AvgIpc) is 2.67. The molecule has 4 nitrogen and oxygen atoms in total. The van der Waals surface area contributed by atoms with Crippen molar-refractivity contribution in [2.45, 2.75) is 25.2 Å². The normalized spacial score (nSPS) is 17.5. The monoisotopic (exact) mass is 323 g/mol. The minimum absolute atomic E-state index is 0.0801. The van der Waals surface area contributed by atoms with E-state index in [1.165, 1.54) is 18.4 Å². The highest BCUT2D eigenvalue weighted by Crippen LogP contribution is 2.24. The number of carbonyl (C=O) groups excluding carboxylic acids is 1. The third kappa shape index (κ3) is 4.20. The van der Waals surface area contributed by atoms with Gasteiger partial charge in [-0.2, -0.15) is 0 Å². The zero-order chi connectivity index (χ0) is 16.8. The number of pyridine rings is 1. The number of hydrogen-bond donors (Lipinski definition) is 1. The highest BCUT2D eigenvalue weighted by atomic mass is 16.2. The highest BCUT2D eigenvalue weighted by molar-refractivity contribution is 5.94. The molecule has 1 aromatic carbocycles. The second kappa shape index (κ2) is 8.06. The molecule has 1 amide bonds. The third-order valence-corrected chi connectivity index (χ3v) is 4.68. The predicted octanol–water partition coefficient (Wildman–Crippen LogP) is 2.86. The molecule has 3 rings (SSSR count). The smallest absolute Gasteiger partial charge is 0.253 e. The van der Waals surface area contributed by atoms with Crippen LogP contribution in [0.4, 0.5) is 0 Å². The molecule has 1 aliphatic heterocycles. The zero-order valence-corrected chi connectivity index (χ0v) is 14.2. The van der Waals surface area contributed by atoms with Crippen molar-refractivity contribution < 1.29 is 4.79 Å². The maximum absolute atomic E-state index is 12.7. The van der Waals surface area contributed by atoms with Crippen molar-refractivity contribution in [2.24, 2.45) is 0 Å². The maximum Gasteiger partial charge on any atom is 0.253 e. The molecule has 1 atom stereocenters. The maximum atomic E-state index is 12.7. The standard InChI is InChI=1S/C20H25N3O/c1-23(13-10-19-9-2-3-12-22-19)20(24)17-7-4-6-16(14-17)18-8-5-11-21-15-18/h2-4,6-7,9,12,14,18,21H,5,8,10-11,13,15H2,1H3/t18-/m0/s1. The van der Waals surface area contributed by atoms with E-state index in [9.17, 15) is 4.79 Å². The SMILES string of the molecule is CN(CCc1ccccn1)C(=O)c1cccc([C@H]2CCCNC2)c1. The highest BCUT2D eigenvalue weighted by Gasteiger charge is 2.18. The molecule has 0 radical (unpaired) electrons. The van der Waals surface area contributed by atoms with Crippen LogP contribution in [0.1, 0.15) is 40.4 Å². The fourth-order valence-electron chi connectivity index (χ4n) is 3.21. The summed E-state index contributed by atoms with van der Waals surface area (Å²) in [5, 5.41) is 3.44. The number of amides is 1. The van der Waals surface area contributed by atoms with Crippen LogP contribution in [0.5, 0.6) is 0 Å². The van der Waals surface area contributed by atoms with Crippen LogP contribution in [-0.4, -0.2) is 42.5 Å². The number of aromatic nitrogens is 1. The molecule has 0 saturated carbocycles. The molecule has 0 aliphatic carbocycles. The van der Waals surface area contributed by atoms with E-state index in [1.807, 2.05) is 37.4 Å². The Morgan fingerprint density at radius 1 is 1.29 bits per heavy atom. The van der Waals surface area contributed by atoms with Crippen LogP contribution in [0, 0.1) is 0 Å². The summed E-state index contributed by atoms with van der Waals surface area (Å²) in [6.07, 6.45) is 4.96. The summed E-state index contributed by atoms with van der Waals surface area (Å²) in [7, 11) is 1.86. The van der Waals surface area contributed by atoms with Crippen LogP contribution in [0.15, 0.2) is 48.7 Å². The van der Waals surface area contributed by atoms with Gasteiger partial charge in [0.15, 0.2) is 0 Å². The zero-order valence-electron chi connectivity index (χ0n) is 14.2. The lowest BCUT2D eigenvalue weighted by Crippen LogP contribution is -2.30. The first-order valence-electron chi connectivity index (χ1n) is 8.70. The molecule has 1 fully saturated rings. The number of nitrogens with one attached hydrogen (secondary N) is 1. The van der Waals surface area contributed by atoms with Crippen molar-refractivity contribution in [3.63, 3.8) is 0 Å². The fourth-order valence-corrected chi connectivity index (χ4v) is 3.21. The van der Waals surface area contributed by atoms with Crippen molar-refractivity contribution in [3.05, 3.63) is 65.5 Å². The lowest BCUT2D eigenvalue weighted by Gasteiger charge is -2.24. The average molecular weight is 323 g/mol. The van der Waals surface area contributed by atoms with Crippen molar-refractivity contribution in [3.8, 4) is 0 Å². The Morgan fingerprint density at radius 2 is 2.21 bits per heavy atom. The van der Waals surface area contributed by atoms with Gasteiger partial charge in [-0.05, 0) is 55.1 Å². The number of piperidine rings is 1. The number of nitrogens with zero attached hydrogens (tertiary/aromatic N) is 2. The van der Waals surface area contributed by atoms with Gasteiger partial charge in [-0.25, -0.2) is 0 Å². The van der Waals surface area contributed by atoms with Crippen molar-refractivity contribution >= 4 is 5.91 Å². The first-order valence-corrected chi connectivity index (χ1v) is 8.70. The summed E-state index contributed by atoms with van der Waals surface area (Å²) in [5.41, 5.74) is 3.06. The lowest BCUT2D eigenvalue weighted by atomic mass is 9.90. The van der Waals surface area contributed by atoms with Crippen molar-refractivity contribution in [1.82, 2.24) is 15.2 Å². The summed E-state index contributed by atoms with van der Waals surface area (Å²) in [6.45, 7) is 2.78. The molecule has 1 aromatic heterocycles. The Bertz CT molecular complexity index is 666. The molecule has 0 bridgehead atoms. The van der Waals surface area contributed by atoms with Gasteiger partial charge in [0.25, 0.3) is 5.91 Å². The number of carbonyl (C=O) groups is 1. The summed E-state index contributed by atoms with van der Waals surface area (Å²) in [5.74, 6) is 0.599. The van der Waals surface area contributed by atoms with Gasteiger partial charge in [-0.15, -0.1) is 0 Å². The first kappa shape index (κ1) is 16.7. The van der Waals surface area contributed by atoms with Crippen LogP contribution in [0.3, 0.4) is 0 Å². The van der Waals surface area contributed by atoms with E-state index in [1.54, 1.807) is 11.1 Å². The minimum Gasteiger partial charge on any atom is -0.341 e. The minimum atomic E-state index is 0.0801. The quantitative estimate of drug-likeness (QED) is 0.920. The first-order chi connectivity index (χ1) is 11.7. The lowest BCUT2D eigenvalue weighted by molar-refractivity contribution is 0.0796. The van der Waals surface area contributed by atoms with Crippen LogP contribution in [-0.2, 0) is 6.42 Å². The summed E-state index contributed by atoms with van der Waals surface area (Å²) >= 11 is 0. The summed E-state index contributed by atoms with van der Waals surface area (Å²) in [6, 6.07) is 14.0.